The van der Waals surface area contributed by atoms with Crippen LogP contribution in [-0.2, 0) is 21.2 Å². The van der Waals surface area contributed by atoms with Crippen LogP contribution in [0.3, 0.4) is 0 Å². The first-order chi connectivity index (χ1) is 12.4. The summed E-state index contributed by atoms with van der Waals surface area (Å²) in [6.07, 6.45) is 2.16. The van der Waals surface area contributed by atoms with E-state index in [0.717, 1.165) is 10.00 Å². The minimum absolute atomic E-state index is 0.00562. The third-order valence-corrected chi connectivity index (χ3v) is 5.94. The van der Waals surface area contributed by atoms with Gasteiger partial charge in [0.25, 0.3) is 15.9 Å². The maximum atomic E-state index is 12.4. The van der Waals surface area contributed by atoms with Crippen molar-refractivity contribution in [3.63, 3.8) is 0 Å². The van der Waals surface area contributed by atoms with Gasteiger partial charge in [-0.1, -0.05) is 18.2 Å². The average molecular weight is 373 g/mol. The van der Waals surface area contributed by atoms with Crippen LogP contribution < -0.4 is 5.32 Å². The SMILES string of the molecule is C[C@H](Cc1ccccn1)NC(=O)CCN1C(=O)c2ccccc2S1(=O)=O. The second kappa shape index (κ2) is 7.25. The molecule has 2 heterocycles. The Morgan fingerprint density at radius 3 is 2.62 bits per heavy atom. The molecule has 1 N–H and O–H groups in total. The summed E-state index contributed by atoms with van der Waals surface area (Å²) < 4.78 is 25.6. The molecule has 0 bridgehead atoms. The Kier molecular flexibility index (Phi) is 5.03. The number of nitrogens with zero attached hydrogens (tertiary/aromatic N) is 2. The monoisotopic (exact) mass is 373 g/mol. The molecule has 0 aliphatic carbocycles. The van der Waals surface area contributed by atoms with Crippen LogP contribution in [0.1, 0.15) is 29.4 Å². The highest BCUT2D eigenvalue weighted by Crippen LogP contribution is 2.29. The van der Waals surface area contributed by atoms with E-state index in [-0.39, 0.29) is 35.4 Å². The van der Waals surface area contributed by atoms with E-state index in [1.165, 1.54) is 12.1 Å². The summed E-state index contributed by atoms with van der Waals surface area (Å²) in [7, 11) is -3.87. The molecule has 1 aliphatic rings. The third-order valence-electron chi connectivity index (χ3n) is 4.10. The molecule has 0 spiro atoms. The molecule has 0 saturated carbocycles. The molecule has 7 nitrogen and oxygen atoms in total. The molecule has 136 valence electrons. The first-order valence-electron chi connectivity index (χ1n) is 8.25. The molecule has 2 amide bonds. The van der Waals surface area contributed by atoms with E-state index in [1.54, 1.807) is 18.3 Å². The van der Waals surface area contributed by atoms with E-state index in [9.17, 15) is 18.0 Å². The van der Waals surface area contributed by atoms with Gasteiger partial charge in [0.05, 0.1) is 5.56 Å². The second-order valence-corrected chi connectivity index (χ2v) is 7.95. The fraction of sp³-hybridized carbons (Fsp3) is 0.278. The zero-order valence-electron chi connectivity index (χ0n) is 14.3. The molecule has 1 aromatic heterocycles. The van der Waals surface area contributed by atoms with Gasteiger partial charge in [0, 0.05) is 37.3 Å². The van der Waals surface area contributed by atoms with Crippen LogP contribution in [0.2, 0.25) is 0 Å². The van der Waals surface area contributed by atoms with Gasteiger partial charge in [0.2, 0.25) is 5.91 Å². The van der Waals surface area contributed by atoms with Gasteiger partial charge < -0.3 is 5.32 Å². The molecule has 1 aliphatic heterocycles. The first-order valence-corrected chi connectivity index (χ1v) is 9.69. The van der Waals surface area contributed by atoms with Crippen molar-refractivity contribution >= 4 is 21.8 Å². The lowest BCUT2D eigenvalue weighted by Gasteiger charge is -2.17. The molecular formula is C18H19N3O4S. The number of carbonyl (C=O) groups excluding carboxylic acids is 2. The van der Waals surface area contributed by atoms with Crippen molar-refractivity contribution in [1.82, 2.24) is 14.6 Å². The molecular weight excluding hydrogens is 354 g/mol. The van der Waals surface area contributed by atoms with Crippen LogP contribution in [-0.4, -0.2) is 42.1 Å². The number of sulfonamides is 1. The molecule has 8 heteroatoms. The third kappa shape index (κ3) is 3.60. The average Bonchev–Trinajstić information content (AvgIpc) is 2.80. The van der Waals surface area contributed by atoms with Crippen LogP contribution in [0.5, 0.6) is 0 Å². The summed E-state index contributed by atoms with van der Waals surface area (Å²) in [5.41, 5.74) is 1.00. The minimum Gasteiger partial charge on any atom is -0.353 e. The van der Waals surface area contributed by atoms with Crippen LogP contribution >= 0.6 is 0 Å². The summed E-state index contributed by atoms with van der Waals surface area (Å²) >= 11 is 0. The highest BCUT2D eigenvalue weighted by Gasteiger charge is 2.40. The fourth-order valence-electron chi connectivity index (χ4n) is 2.89. The largest absolute Gasteiger partial charge is 0.353 e. The molecule has 0 fully saturated rings. The second-order valence-electron chi connectivity index (χ2n) is 6.12. The number of hydrogen-bond donors (Lipinski definition) is 1. The van der Waals surface area contributed by atoms with Crippen molar-refractivity contribution in [2.45, 2.75) is 30.7 Å². The van der Waals surface area contributed by atoms with Gasteiger partial charge in [-0.3, -0.25) is 14.6 Å². The summed E-state index contributed by atoms with van der Waals surface area (Å²) in [5, 5.41) is 2.80. The minimum atomic E-state index is -3.87. The molecule has 0 saturated heterocycles. The summed E-state index contributed by atoms with van der Waals surface area (Å²) in [5.74, 6) is -0.901. The van der Waals surface area contributed by atoms with Gasteiger partial charge in [-0.25, -0.2) is 12.7 Å². The van der Waals surface area contributed by atoms with Crippen molar-refractivity contribution < 1.29 is 18.0 Å². The van der Waals surface area contributed by atoms with Crippen LogP contribution in [0.25, 0.3) is 0 Å². The van der Waals surface area contributed by atoms with Crippen molar-refractivity contribution in [1.29, 1.82) is 0 Å². The van der Waals surface area contributed by atoms with Crippen LogP contribution in [0.15, 0.2) is 53.6 Å². The van der Waals surface area contributed by atoms with E-state index >= 15 is 0 Å². The van der Waals surface area contributed by atoms with Gasteiger partial charge in [-0.05, 0) is 31.2 Å². The van der Waals surface area contributed by atoms with Crippen molar-refractivity contribution in [2.75, 3.05) is 6.54 Å². The van der Waals surface area contributed by atoms with Gasteiger partial charge in [-0.15, -0.1) is 0 Å². The maximum Gasteiger partial charge on any atom is 0.269 e. The van der Waals surface area contributed by atoms with Crippen molar-refractivity contribution in [2.24, 2.45) is 0 Å². The lowest BCUT2D eigenvalue weighted by molar-refractivity contribution is -0.121. The Hall–Kier alpha value is -2.74. The number of rotatable bonds is 6. The molecule has 1 aromatic carbocycles. The van der Waals surface area contributed by atoms with E-state index in [4.69, 9.17) is 0 Å². The predicted octanol–water partition coefficient (Wildman–Crippen LogP) is 1.36. The standard InChI is InChI=1S/C18H19N3O4S/c1-13(12-14-6-4-5-10-19-14)20-17(22)9-11-21-18(23)15-7-2-3-8-16(15)26(21,24)25/h2-8,10,13H,9,11-12H2,1H3,(H,20,22)/t13-/m1/s1. The number of nitrogens with one attached hydrogen (secondary N) is 1. The van der Waals surface area contributed by atoms with E-state index in [1.807, 2.05) is 25.1 Å². The van der Waals surface area contributed by atoms with Crippen molar-refractivity contribution in [3.05, 3.63) is 59.9 Å². The Bertz CT molecular complexity index is 928. The topological polar surface area (TPSA) is 96.4 Å². The van der Waals surface area contributed by atoms with Gasteiger partial charge in [0.15, 0.2) is 0 Å². The smallest absolute Gasteiger partial charge is 0.269 e. The molecule has 0 unspecified atom stereocenters. The quantitative estimate of drug-likeness (QED) is 0.825. The molecule has 3 rings (SSSR count). The van der Waals surface area contributed by atoms with Crippen molar-refractivity contribution in [3.8, 4) is 0 Å². The number of aromatic nitrogens is 1. The van der Waals surface area contributed by atoms with E-state index in [2.05, 4.69) is 10.3 Å². The van der Waals surface area contributed by atoms with Gasteiger partial charge in [0.1, 0.15) is 4.90 Å². The number of amides is 2. The fourth-order valence-corrected chi connectivity index (χ4v) is 4.46. The predicted molar refractivity (Wildman–Crippen MR) is 94.8 cm³/mol. The summed E-state index contributed by atoms with van der Waals surface area (Å²) in [6.45, 7) is 1.66. The summed E-state index contributed by atoms with van der Waals surface area (Å²) in [4.78, 5) is 28.6. The van der Waals surface area contributed by atoms with Crippen LogP contribution in [0, 0.1) is 0 Å². The highest BCUT2D eigenvalue weighted by molar-refractivity contribution is 7.90. The Labute approximate surface area is 152 Å². The van der Waals surface area contributed by atoms with Gasteiger partial charge >= 0.3 is 0 Å². The Balaban J connectivity index is 1.57. The number of hydrogen-bond acceptors (Lipinski definition) is 5. The Morgan fingerprint density at radius 1 is 1.19 bits per heavy atom. The first kappa shape index (κ1) is 18.1. The zero-order chi connectivity index (χ0) is 18.7. The maximum absolute atomic E-state index is 12.4. The number of benzene rings is 1. The number of fused-ring (bicyclic) bond motifs is 1. The van der Waals surface area contributed by atoms with E-state index in [0.29, 0.717) is 6.42 Å². The lowest BCUT2D eigenvalue weighted by atomic mass is 10.1. The van der Waals surface area contributed by atoms with E-state index < -0.39 is 15.9 Å². The summed E-state index contributed by atoms with van der Waals surface area (Å²) in [6, 6.07) is 11.5. The Morgan fingerprint density at radius 2 is 1.92 bits per heavy atom. The highest BCUT2D eigenvalue weighted by atomic mass is 32.2. The number of carbonyl (C=O) groups is 2. The molecule has 0 radical (unpaired) electrons. The molecule has 2 aromatic rings. The van der Waals surface area contributed by atoms with Gasteiger partial charge in [-0.2, -0.15) is 0 Å². The zero-order valence-corrected chi connectivity index (χ0v) is 15.1. The van der Waals surface area contributed by atoms with Crippen LogP contribution in [0.4, 0.5) is 0 Å². The molecule has 1 atom stereocenters. The lowest BCUT2D eigenvalue weighted by Crippen LogP contribution is -2.38. The normalized spacial score (nSPS) is 16.2. The molecule has 26 heavy (non-hydrogen) atoms. The number of pyridine rings is 1.